The molecule has 1 fully saturated rings. The van der Waals surface area contributed by atoms with E-state index < -0.39 is 43.4 Å². The minimum absolute atomic E-state index is 0.00507. The normalized spacial score (nSPS) is 31.0. The maximum atomic E-state index is 12.4. The highest BCUT2D eigenvalue weighted by molar-refractivity contribution is 6.00. The third-order valence-corrected chi connectivity index (χ3v) is 5.26. The summed E-state index contributed by atoms with van der Waals surface area (Å²) < 4.78 is 16.7. The average molecular weight is 418 g/mol. The van der Waals surface area contributed by atoms with Crippen LogP contribution in [0.4, 0.5) is 0 Å². The first-order valence-corrected chi connectivity index (χ1v) is 9.47. The molecule has 9 nitrogen and oxygen atoms in total. The molecule has 5 N–H and O–H groups in total. The largest absolute Gasteiger partial charge is 0.508 e. The predicted molar refractivity (Wildman–Crippen MR) is 101 cm³/mol. The second-order valence-corrected chi connectivity index (χ2v) is 7.30. The zero-order valence-electron chi connectivity index (χ0n) is 15.8. The number of phenolic OH excluding ortho intramolecular Hbond substituents is 1. The Labute approximate surface area is 171 Å². The Kier molecular flexibility index (Phi) is 5.63. The molecule has 1 saturated heterocycles. The van der Waals surface area contributed by atoms with Gasteiger partial charge in [0.05, 0.1) is 18.6 Å². The number of ketones is 1. The van der Waals surface area contributed by atoms with E-state index in [9.17, 15) is 30.3 Å². The predicted octanol–water partition coefficient (Wildman–Crippen LogP) is 0.277. The van der Waals surface area contributed by atoms with Crippen LogP contribution in [-0.4, -0.2) is 68.6 Å². The number of fused-ring (bicyclic) bond motifs is 1. The van der Waals surface area contributed by atoms with E-state index in [2.05, 4.69) is 0 Å². The Bertz CT molecular complexity index is 911. The molecule has 0 saturated carbocycles. The quantitative estimate of drug-likeness (QED) is 0.472. The monoisotopic (exact) mass is 418 g/mol. The molecular formula is C21H22O9. The van der Waals surface area contributed by atoms with Crippen molar-refractivity contribution in [1.29, 1.82) is 0 Å². The van der Waals surface area contributed by atoms with Crippen molar-refractivity contribution in [1.82, 2.24) is 0 Å². The summed E-state index contributed by atoms with van der Waals surface area (Å²) in [6.45, 7) is -0.548. The first kappa shape index (κ1) is 20.6. The highest BCUT2D eigenvalue weighted by Crippen LogP contribution is 2.37. The number of hydrogen-bond acceptors (Lipinski definition) is 9. The van der Waals surface area contributed by atoms with Crippen LogP contribution in [-0.2, 0) is 4.74 Å². The summed E-state index contributed by atoms with van der Waals surface area (Å²) in [5, 5.41) is 48.6. The van der Waals surface area contributed by atoms with Crippen molar-refractivity contribution in [2.24, 2.45) is 0 Å². The third kappa shape index (κ3) is 3.85. The molecule has 2 aromatic rings. The molecule has 2 aliphatic heterocycles. The van der Waals surface area contributed by atoms with Crippen LogP contribution >= 0.6 is 0 Å². The lowest BCUT2D eigenvalue weighted by molar-refractivity contribution is -0.277. The lowest BCUT2D eigenvalue weighted by Crippen LogP contribution is -2.60. The van der Waals surface area contributed by atoms with Crippen molar-refractivity contribution in [2.75, 3.05) is 6.61 Å². The second kappa shape index (κ2) is 8.21. The number of Topliss-reactive ketones (excluding diaryl/α,β-unsaturated/α-hetero) is 1. The summed E-state index contributed by atoms with van der Waals surface area (Å²) in [5.41, 5.74) is 1.13. The van der Waals surface area contributed by atoms with E-state index in [0.29, 0.717) is 22.6 Å². The van der Waals surface area contributed by atoms with Crippen LogP contribution in [0.25, 0.3) is 0 Å². The maximum absolute atomic E-state index is 12.4. The minimum atomic E-state index is -1.53. The number of carbonyl (C=O) groups is 1. The fourth-order valence-corrected chi connectivity index (χ4v) is 3.56. The van der Waals surface area contributed by atoms with Crippen molar-refractivity contribution in [3.8, 4) is 17.2 Å². The molecule has 9 heteroatoms. The molecule has 0 radical (unpaired) electrons. The van der Waals surface area contributed by atoms with Crippen LogP contribution in [0.15, 0.2) is 42.5 Å². The Hall–Kier alpha value is -2.69. The summed E-state index contributed by atoms with van der Waals surface area (Å²) >= 11 is 0. The van der Waals surface area contributed by atoms with Crippen molar-refractivity contribution in [2.45, 2.75) is 43.2 Å². The van der Waals surface area contributed by atoms with Gasteiger partial charge in [-0.25, -0.2) is 0 Å². The van der Waals surface area contributed by atoms with E-state index in [4.69, 9.17) is 14.2 Å². The zero-order valence-corrected chi connectivity index (χ0v) is 15.8. The molecule has 0 aromatic heterocycles. The molecule has 2 aromatic carbocycles. The van der Waals surface area contributed by atoms with E-state index in [0.717, 1.165) is 0 Å². The maximum Gasteiger partial charge on any atom is 0.229 e. The molecule has 0 aliphatic carbocycles. The van der Waals surface area contributed by atoms with Crippen molar-refractivity contribution in [3.05, 3.63) is 53.6 Å². The van der Waals surface area contributed by atoms with E-state index >= 15 is 0 Å². The Morgan fingerprint density at radius 3 is 2.43 bits per heavy atom. The summed E-state index contributed by atoms with van der Waals surface area (Å²) in [5.74, 6) is 0.537. The lowest BCUT2D eigenvalue weighted by atomic mass is 9.96. The van der Waals surface area contributed by atoms with Crippen LogP contribution in [0, 0.1) is 0 Å². The molecule has 160 valence electrons. The van der Waals surface area contributed by atoms with Gasteiger partial charge in [-0.15, -0.1) is 0 Å². The van der Waals surface area contributed by atoms with Gasteiger partial charge in [-0.05, 0) is 29.8 Å². The fraction of sp³-hybridized carbons (Fsp3) is 0.381. The number of phenols is 1. The topological polar surface area (TPSA) is 146 Å². The first-order chi connectivity index (χ1) is 14.4. The number of rotatable bonds is 4. The molecule has 0 bridgehead atoms. The SMILES string of the molecule is O=C1CC(c2ccc(O[C@@H]3O[C@H](CO)[C@@H](O)[C@H](O)[C@H]3O)cc2)Oc2cc(O)ccc21. The van der Waals surface area contributed by atoms with Gasteiger partial charge in [0, 0.05) is 6.07 Å². The van der Waals surface area contributed by atoms with E-state index in [-0.39, 0.29) is 18.0 Å². The summed E-state index contributed by atoms with van der Waals surface area (Å²) in [4.78, 5) is 12.4. The van der Waals surface area contributed by atoms with Crippen molar-refractivity contribution < 1.29 is 44.5 Å². The number of aromatic hydroxyl groups is 1. The summed E-state index contributed by atoms with van der Waals surface area (Å²) in [6, 6.07) is 10.9. The number of hydrogen-bond donors (Lipinski definition) is 5. The fourth-order valence-electron chi connectivity index (χ4n) is 3.56. The Balaban J connectivity index is 1.46. The van der Waals surface area contributed by atoms with E-state index in [1.54, 1.807) is 24.3 Å². The van der Waals surface area contributed by atoms with E-state index in [1.807, 2.05) is 0 Å². The number of benzene rings is 2. The van der Waals surface area contributed by atoms with Crippen LogP contribution < -0.4 is 9.47 Å². The molecule has 2 heterocycles. The minimum Gasteiger partial charge on any atom is -0.508 e. The molecule has 4 rings (SSSR count). The molecule has 0 spiro atoms. The Morgan fingerprint density at radius 2 is 1.73 bits per heavy atom. The van der Waals surface area contributed by atoms with Gasteiger partial charge in [0.25, 0.3) is 0 Å². The summed E-state index contributed by atoms with van der Waals surface area (Å²) in [7, 11) is 0. The first-order valence-electron chi connectivity index (χ1n) is 9.47. The zero-order chi connectivity index (χ0) is 21.4. The number of aliphatic hydroxyl groups excluding tert-OH is 4. The van der Waals surface area contributed by atoms with Crippen LogP contribution in [0.5, 0.6) is 17.2 Å². The van der Waals surface area contributed by atoms with Gasteiger partial charge < -0.3 is 39.7 Å². The molecule has 0 amide bonds. The molecule has 2 aliphatic rings. The highest BCUT2D eigenvalue weighted by atomic mass is 16.7. The van der Waals surface area contributed by atoms with Gasteiger partial charge in [-0.3, -0.25) is 4.79 Å². The van der Waals surface area contributed by atoms with Crippen LogP contribution in [0.2, 0.25) is 0 Å². The van der Waals surface area contributed by atoms with Gasteiger partial charge in [0.1, 0.15) is 47.8 Å². The van der Waals surface area contributed by atoms with Crippen molar-refractivity contribution in [3.63, 3.8) is 0 Å². The number of ether oxygens (including phenoxy) is 3. The molecule has 6 atom stereocenters. The average Bonchev–Trinajstić information content (AvgIpc) is 2.74. The van der Waals surface area contributed by atoms with Crippen LogP contribution in [0.3, 0.4) is 0 Å². The smallest absolute Gasteiger partial charge is 0.229 e. The van der Waals surface area contributed by atoms with Gasteiger partial charge in [0.15, 0.2) is 5.78 Å². The lowest BCUT2D eigenvalue weighted by Gasteiger charge is -2.39. The molecular weight excluding hydrogens is 396 g/mol. The highest BCUT2D eigenvalue weighted by Gasteiger charge is 2.44. The number of carbonyl (C=O) groups excluding carboxylic acids is 1. The van der Waals surface area contributed by atoms with Gasteiger partial charge >= 0.3 is 0 Å². The van der Waals surface area contributed by atoms with Gasteiger partial charge in [-0.2, -0.15) is 0 Å². The van der Waals surface area contributed by atoms with E-state index in [1.165, 1.54) is 18.2 Å². The molecule has 1 unspecified atom stereocenters. The van der Waals surface area contributed by atoms with Gasteiger partial charge in [-0.1, -0.05) is 12.1 Å². The summed E-state index contributed by atoms with van der Waals surface area (Å²) in [6.07, 6.45) is -7.24. The number of aliphatic hydroxyl groups is 4. The standard InChI is InChI=1S/C21H22O9/c22-9-17-18(25)19(26)20(27)21(30-17)28-12-4-1-10(2-5-12)15-8-14(24)13-6-3-11(23)7-16(13)29-15/h1-7,15,17-23,25-27H,8-9H2/t15?,17-,18-,19+,20-,21-/m1/s1. The van der Waals surface area contributed by atoms with Crippen molar-refractivity contribution >= 4 is 5.78 Å². The van der Waals surface area contributed by atoms with Gasteiger partial charge in [0.2, 0.25) is 6.29 Å². The second-order valence-electron chi connectivity index (χ2n) is 7.30. The third-order valence-electron chi connectivity index (χ3n) is 5.26. The Morgan fingerprint density at radius 1 is 1.00 bits per heavy atom. The molecule has 30 heavy (non-hydrogen) atoms. The van der Waals surface area contributed by atoms with Crippen LogP contribution in [0.1, 0.15) is 28.4 Å².